The van der Waals surface area contributed by atoms with Crippen molar-refractivity contribution in [3.63, 3.8) is 0 Å². The minimum absolute atomic E-state index is 0.0628. The van der Waals surface area contributed by atoms with E-state index >= 15 is 0 Å². The molecule has 1 fully saturated rings. The predicted molar refractivity (Wildman–Crippen MR) is 67.5 cm³/mol. The van der Waals surface area contributed by atoms with Crippen LogP contribution in [0.25, 0.3) is 0 Å². The van der Waals surface area contributed by atoms with Gasteiger partial charge in [-0.2, -0.15) is 0 Å². The third-order valence-corrected chi connectivity index (χ3v) is 3.84. The van der Waals surface area contributed by atoms with E-state index in [1.807, 2.05) is 25.1 Å². The molecule has 0 aliphatic carbocycles. The molecule has 1 aromatic carbocycles. The molecule has 0 spiro atoms. The van der Waals surface area contributed by atoms with Gasteiger partial charge in [-0.15, -0.1) is 0 Å². The van der Waals surface area contributed by atoms with Crippen LogP contribution < -0.4 is 0 Å². The molecule has 0 aromatic heterocycles. The van der Waals surface area contributed by atoms with Gasteiger partial charge in [0.25, 0.3) is 0 Å². The average molecular weight is 235 g/mol. The van der Waals surface area contributed by atoms with Gasteiger partial charge in [0, 0.05) is 18.5 Å². The van der Waals surface area contributed by atoms with E-state index < -0.39 is 6.10 Å². The van der Waals surface area contributed by atoms with Crippen molar-refractivity contribution in [2.75, 3.05) is 19.7 Å². The van der Waals surface area contributed by atoms with Crippen molar-refractivity contribution < 1.29 is 10.2 Å². The molecular formula is C14H21NO2. The fraction of sp³-hybridized carbons (Fsp3) is 0.571. The van der Waals surface area contributed by atoms with Crippen LogP contribution in [0.2, 0.25) is 0 Å². The summed E-state index contributed by atoms with van der Waals surface area (Å²) >= 11 is 0. The molecule has 3 nitrogen and oxygen atoms in total. The minimum atomic E-state index is -0.440. The van der Waals surface area contributed by atoms with E-state index in [1.54, 1.807) is 0 Å². The first-order valence-corrected chi connectivity index (χ1v) is 6.19. The van der Waals surface area contributed by atoms with Crippen LogP contribution in [0.1, 0.15) is 18.9 Å². The lowest BCUT2D eigenvalue weighted by Crippen LogP contribution is -2.50. The molecule has 17 heavy (non-hydrogen) atoms. The van der Waals surface area contributed by atoms with E-state index in [0.717, 1.165) is 19.5 Å². The van der Waals surface area contributed by atoms with Crippen molar-refractivity contribution in [3.05, 3.63) is 35.9 Å². The van der Waals surface area contributed by atoms with Crippen LogP contribution in [0, 0.1) is 5.41 Å². The van der Waals surface area contributed by atoms with Crippen LogP contribution in [0.5, 0.6) is 0 Å². The first-order chi connectivity index (χ1) is 8.14. The lowest BCUT2D eigenvalue weighted by atomic mass is 9.78. The molecule has 0 amide bonds. The standard InChI is InChI=1S/C14H21NO2/c1-14(11-16)7-8-15(10-13(14)17)9-12-5-3-2-4-6-12/h2-6,13,16-17H,7-11H2,1H3/t13-,14-/m0/s1. The Labute approximate surface area is 103 Å². The fourth-order valence-corrected chi connectivity index (χ4v) is 2.31. The predicted octanol–water partition coefficient (Wildman–Crippen LogP) is 1.25. The van der Waals surface area contributed by atoms with Crippen LogP contribution in [-0.4, -0.2) is 40.9 Å². The Morgan fingerprint density at radius 1 is 1.35 bits per heavy atom. The first kappa shape index (κ1) is 12.6. The van der Waals surface area contributed by atoms with Gasteiger partial charge in [0.05, 0.1) is 12.7 Å². The van der Waals surface area contributed by atoms with Crippen LogP contribution in [-0.2, 0) is 6.54 Å². The third-order valence-electron chi connectivity index (χ3n) is 3.84. The normalized spacial score (nSPS) is 30.4. The molecule has 1 aliphatic heterocycles. The Kier molecular flexibility index (Phi) is 3.82. The van der Waals surface area contributed by atoms with Gasteiger partial charge in [-0.05, 0) is 18.5 Å². The van der Waals surface area contributed by atoms with Gasteiger partial charge in [0.2, 0.25) is 0 Å². The number of hydrogen-bond donors (Lipinski definition) is 2. The van der Waals surface area contributed by atoms with Gasteiger partial charge in [-0.1, -0.05) is 37.3 Å². The fourth-order valence-electron chi connectivity index (χ4n) is 2.31. The molecule has 2 atom stereocenters. The van der Waals surface area contributed by atoms with Gasteiger partial charge in [0.1, 0.15) is 0 Å². The van der Waals surface area contributed by atoms with Crippen molar-refractivity contribution in [3.8, 4) is 0 Å². The summed E-state index contributed by atoms with van der Waals surface area (Å²) in [4.78, 5) is 2.25. The summed E-state index contributed by atoms with van der Waals surface area (Å²) in [6, 6.07) is 10.3. The zero-order valence-electron chi connectivity index (χ0n) is 10.3. The number of piperidine rings is 1. The summed E-state index contributed by atoms with van der Waals surface area (Å²) in [6.07, 6.45) is 0.405. The van der Waals surface area contributed by atoms with Crippen molar-refractivity contribution in [1.29, 1.82) is 0 Å². The molecule has 1 aliphatic rings. The second-order valence-electron chi connectivity index (χ2n) is 5.30. The summed E-state index contributed by atoms with van der Waals surface area (Å²) in [7, 11) is 0. The van der Waals surface area contributed by atoms with Gasteiger partial charge >= 0.3 is 0 Å². The lowest BCUT2D eigenvalue weighted by molar-refractivity contribution is -0.0647. The first-order valence-electron chi connectivity index (χ1n) is 6.19. The van der Waals surface area contributed by atoms with E-state index in [2.05, 4.69) is 17.0 Å². The highest BCUT2D eigenvalue weighted by molar-refractivity contribution is 5.14. The maximum absolute atomic E-state index is 10.1. The largest absolute Gasteiger partial charge is 0.396 e. The molecule has 0 saturated carbocycles. The van der Waals surface area contributed by atoms with Crippen LogP contribution in [0.4, 0.5) is 0 Å². The van der Waals surface area contributed by atoms with Gasteiger partial charge < -0.3 is 10.2 Å². The highest BCUT2D eigenvalue weighted by atomic mass is 16.3. The third kappa shape index (κ3) is 2.86. The Hall–Kier alpha value is -0.900. The van der Waals surface area contributed by atoms with E-state index in [9.17, 15) is 10.2 Å². The molecule has 2 rings (SSSR count). The Bertz CT molecular complexity index is 354. The number of hydrogen-bond acceptors (Lipinski definition) is 3. The second kappa shape index (κ2) is 5.17. The summed E-state index contributed by atoms with van der Waals surface area (Å²) in [5, 5.41) is 19.4. The van der Waals surface area contributed by atoms with Crippen molar-refractivity contribution in [2.24, 2.45) is 5.41 Å². The number of rotatable bonds is 3. The molecule has 1 aromatic rings. The van der Waals surface area contributed by atoms with Gasteiger partial charge in [-0.25, -0.2) is 0 Å². The van der Waals surface area contributed by atoms with Crippen LogP contribution in [0.3, 0.4) is 0 Å². The van der Waals surface area contributed by atoms with E-state index in [1.165, 1.54) is 5.56 Å². The quantitative estimate of drug-likeness (QED) is 0.828. The monoisotopic (exact) mass is 235 g/mol. The maximum Gasteiger partial charge on any atom is 0.0743 e. The molecule has 3 heteroatoms. The number of benzene rings is 1. The van der Waals surface area contributed by atoms with Crippen molar-refractivity contribution >= 4 is 0 Å². The lowest BCUT2D eigenvalue weighted by Gasteiger charge is -2.42. The van der Waals surface area contributed by atoms with Gasteiger partial charge in [-0.3, -0.25) is 4.90 Å². The molecule has 0 radical (unpaired) electrons. The van der Waals surface area contributed by atoms with E-state index in [4.69, 9.17) is 0 Å². The number of aliphatic hydroxyl groups is 2. The maximum atomic E-state index is 10.1. The molecule has 0 bridgehead atoms. The van der Waals surface area contributed by atoms with Crippen LogP contribution in [0.15, 0.2) is 30.3 Å². The number of nitrogens with zero attached hydrogens (tertiary/aromatic N) is 1. The number of aliphatic hydroxyl groups excluding tert-OH is 2. The Morgan fingerprint density at radius 2 is 2.06 bits per heavy atom. The molecule has 2 N–H and O–H groups in total. The molecule has 0 unspecified atom stereocenters. The smallest absolute Gasteiger partial charge is 0.0743 e. The molecule has 1 heterocycles. The summed E-state index contributed by atoms with van der Waals surface area (Å²) < 4.78 is 0. The minimum Gasteiger partial charge on any atom is -0.396 e. The average Bonchev–Trinajstić information content (AvgIpc) is 2.35. The SMILES string of the molecule is C[C@@]1(CO)CCN(Cc2ccccc2)C[C@@H]1O. The van der Waals surface area contributed by atoms with E-state index in [-0.39, 0.29) is 12.0 Å². The Balaban J connectivity index is 1.94. The summed E-state index contributed by atoms with van der Waals surface area (Å²) in [6.45, 7) is 4.47. The van der Waals surface area contributed by atoms with Gasteiger partial charge in [0.15, 0.2) is 0 Å². The molecule has 94 valence electrons. The number of likely N-dealkylation sites (tertiary alicyclic amines) is 1. The molecular weight excluding hydrogens is 214 g/mol. The number of β-amino-alcohol motifs (C(OH)–C–C–N with tert-alkyl or cyclic N) is 1. The van der Waals surface area contributed by atoms with Crippen molar-refractivity contribution in [2.45, 2.75) is 26.0 Å². The highest BCUT2D eigenvalue weighted by Gasteiger charge is 2.37. The second-order valence-corrected chi connectivity index (χ2v) is 5.30. The zero-order chi connectivity index (χ0) is 12.3. The summed E-state index contributed by atoms with van der Waals surface area (Å²) in [5.74, 6) is 0. The summed E-state index contributed by atoms with van der Waals surface area (Å²) in [5.41, 5.74) is 0.944. The highest BCUT2D eigenvalue weighted by Crippen LogP contribution is 2.31. The topological polar surface area (TPSA) is 43.7 Å². The van der Waals surface area contributed by atoms with Crippen molar-refractivity contribution in [1.82, 2.24) is 4.90 Å². The zero-order valence-corrected chi connectivity index (χ0v) is 10.3. The van der Waals surface area contributed by atoms with E-state index in [0.29, 0.717) is 6.54 Å². The Morgan fingerprint density at radius 3 is 2.65 bits per heavy atom. The van der Waals surface area contributed by atoms with Crippen LogP contribution >= 0.6 is 0 Å². The molecule has 1 saturated heterocycles.